The summed E-state index contributed by atoms with van der Waals surface area (Å²) in [7, 11) is 0. The summed E-state index contributed by atoms with van der Waals surface area (Å²) in [5.41, 5.74) is -0.446. The highest BCUT2D eigenvalue weighted by molar-refractivity contribution is 6.08. The van der Waals surface area contributed by atoms with Crippen molar-refractivity contribution >= 4 is 17.5 Å². The second kappa shape index (κ2) is 4.56. The van der Waals surface area contributed by atoms with Gasteiger partial charge >= 0.3 is 0 Å². The molecule has 1 heterocycles. The fourth-order valence-electron chi connectivity index (χ4n) is 1.94. The van der Waals surface area contributed by atoms with Gasteiger partial charge < -0.3 is 5.32 Å². The topological polar surface area (TPSA) is 49.4 Å². The molecule has 2 amide bonds. The first-order valence-electron chi connectivity index (χ1n) is 5.61. The Balaban J connectivity index is 2.53. The van der Waals surface area contributed by atoms with E-state index in [1.54, 1.807) is 0 Å². The lowest BCUT2D eigenvalue weighted by molar-refractivity contribution is -0.133. The summed E-state index contributed by atoms with van der Waals surface area (Å²) < 4.78 is 39.8. The molecule has 0 aromatic heterocycles. The third-order valence-corrected chi connectivity index (χ3v) is 3.01. The minimum Gasteiger partial charge on any atom is -0.343 e. The van der Waals surface area contributed by atoms with Crippen LogP contribution in [0.4, 0.5) is 18.9 Å². The quantitative estimate of drug-likeness (QED) is 0.784. The number of piperazine rings is 1. The number of nitrogens with zero attached hydrogens (tertiary/aromatic N) is 1. The molecule has 1 N–H and O–H groups in total. The first kappa shape index (κ1) is 13.4. The maximum atomic E-state index is 13.7. The molecule has 1 aromatic carbocycles. The van der Waals surface area contributed by atoms with Crippen molar-refractivity contribution in [2.45, 2.75) is 25.9 Å². The third kappa shape index (κ3) is 2.05. The van der Waals surface area contributed by atoms with Gasteiger partial charge in [-0.25, -0.2) is 13.2 Å². The molecule has 0 radical (unpaired) electrons. The second-order valence-corrected chi connectivity index (χ2v) is 4.31. The van der Waals surface area contributed by atoms with Crippen molar-refractivity contribution in [3.8, 4) is 0 Å². The lowest BCUT2D eigenvalue weighted by Crippen LogP contribution is -2.62. The van der Waals surface area contributed by atoms with Gasteiger partial charge in [0.05, 0.1) is 5.69 Å². The van der Waals surface area contributed by atoms with Crippen LogP contribution in [0.2, 0.25) is 0 Å². The van der Waals surface area contributed by atoms with Crippen molar-refractivity contribution in [3.63, 3.8) is 0 Å². The predicted octanol–water partition coefficient (Wildman–Crippen LogP) is 1.34. The van der Waals surface area contributed by atoms with Crippen LogP contribution in [0, 0.1) is 17.5 Å². The first-order chi connectivity index (χ1) is 8.84. The lowest BCUT2D eigenvalue weighted by Gasteiger charge is -2.36. The van der Waals surface area contributed by atoms with Gasteiger partial charge in [0.1, 0.15) is 12.1 Å². The summed E-state index contributed by atoms with van der Waals surface area (Å²) in [6.45, 7) is 2.80. The van der Waals surface area contributed by atoms with Crippen LogP contribution in [-0.4, -0.2) is 23.9 Å². The van der Waals surface area contributed by atoms with Crippen molar-refractivity contribution in [2.24, 2.45) is 0 Å². The molecule has 0 spiro atoms. The molecule has 0 aliphatic carbocycles. The van der Waals surface area contributed by atoms with E-state index < -0.39 is 47.0 Å². The summed E-state index contributed by atoms with van der Waals surface area (Å²) in [4.78, 5) is 24.4. The molecule has 1 aliphatic heterocycles. The number of amides is 2. The lowest BCUT2D eigenvalue weighted by atomic mass is 10.1. The van der Waals surface area contributed by atoms with Crippen LogP contribution < -0.4 is 10.2 Å². The van der Waals surface area contributed by atoms with Crippen molar-refractivity contribution in [1.29, 1.82) is 0 Å². The van der Waals surface area contributed by atoms with E-state index in [4.69, 9.17) is 0 Å². The molecular formula is C12H11F3N2O2. The van der Waals surface area contributed by atoms with E-state index in [0.29, 0.717) is 6.07 Å². The summed E-state index contributed by atoms with van der Waals surface area (Å²) in [5, 5.41) is 2.40. The van der Waals surface area contributed by atoms with Gasteiger partial charge in [0.25, 0.3) is 0 Å². The minimum absolute atomic E-state index is 0.446. The highest BCUT2D eigenvalue weighted by Crippen LogP contribution is 2.27. The zero-order chi connectivity index (χ0) is 14.3. The van der Waals surface area contributed by atoms with Crippen LogP contribution >= 0.6 is 0 Å². The van der Waals surface area contributed by atoms with Crippen molar-refractivity contribution in [2.75, 3.05) is 4.90 Å². The number of anilines is 1. The molecule has 102 valence electrons. The number of rotatable bonds is 1. The molecule has 2 unspecified atom stereocenters. The fourth-order valence-corrected chi connectivity index (χ4v) is 1.94. The van der Waals surface area contributed by atoms with Crippen LogP contribution in [0.15, 0.2) is 12.1 Å². The van der Waals surface area contributed by atoms with E-state index in [1.165, 1.54) is 13.8 Å². The van der Waals surface area contributed by atoms with Gasteiger partial charge in [-0.05, 0) is 26.0 Å². The van der Waals surface area contributed by atoms with Crippen LogP contribution in [0.5, 0.6) is 0 Å². The highest BCUT2D eigenvalue weighted by atomic mass is 19.2. The van der Waals surface area contributed by atoms with E-state index in [1.807, 2.05) is 0 Å². The Morgan fingerprint density at radius 1 is 1.11 bits per heavy atom. The zero-order valence-electron chi connectivity index (χ0n) is 10.2. The highest BCUT2D eigenvalue weighted by Gasteiger charge is 2.38. The average Bonchev–Trinajstić information content (AvgIpc) is 2.36. The number of hydrogen-bond donors (Lipinski definition) is 1. The van der Waals surface area contributed by atoms with E-state index in [0.717, 1.165) is 11.0 Å². The number of hydrogen-bond acceptors (Lipinski definition) is 2. The molecule has 1 aliphatic rings. The molecule has 1 aromatic rings. The van der Waals surface area contributed by atoms with Crippen molar-refractivity contribution in [3.05, 3.63) is 29.6 Å². The van der Waals surface area contributed by atoms with Gasteiger partial charge in [-0.1, -0.05) is 0 Å². The molecule has 2 rings (SSSR count). The van der Waals surface area contributed by atoms with Crippen LogP contribution in [0.1, 0.15) is 13.8 Å². The van der Waals surface area contributed by atoms with Crippen LogP contribution in [0.3, 0.4) is 0 Å². The summed E-state index contributed by atoms with van der Waals surface area (Å²) in [6, 6.07) is -0.197. The van der Waals surface area contributed by atoms with E-state index in [2.05, 4.69) is 5.32 Å². The van der Waals surface area contributed by atoms with Crippen molar-refractivity contribution in [1.82, 2.24) is 5.32 Å². The van der Waals surface area contributed by atoms with Gasteiger partial charge in [-0.3, -0.25) is 14.5 Å². The Bertz CT molecular complexity index is 562. The largest absolute Gasteiger partial charge is 0.343 e. The molecule has 4 nitrogen and oxygen atoms in total. The van der Waals surface area contributed by atoms with Gasteiger partial charge in [-0.2, -0.15) is 0 Å². The summed E-state index contributed by atoms with van der Waals surface area (Å²) in [6.07, 6.45) is 0. The van der Waals surface area contributed by atoms with Crippen LogP contribution in [-0.2, 0) is 9.59 Å². The Kier molecular flexibility index (Phi) is 3.21. The minimum atomic E-state index is -1.67. The molecule has 19 heavy (non-hydrogen) atoms. The molecule has 1 saturated heterocycles. The first-order valence-corrected chi connectivity index (χ1v) is 5.61. The monoisotopic (exact) mass is 272 g/mol. The Hall–Kier alpha value is -2.05. The van der Waals surface area contributed by atoms with Crippen LogP contribution in [0.25, 0.3) is 0 Å². The number of halogens is 3. The molecule has 7 heteroatoms. The van der Waals surface area contributed by atoms with E-state index >= 15 is 0 Å². The van der Waals surface area contributed by atoms with E-state index in [9.17, 15) is 22.8 Å². The smallest absolute Gasteiger partial charge is 0.250 e. The molecular weight excluding hydrogens is 261 g/mol. The third-order valence-electron chi connectivity index (χ3n) is 3.01. The molecule has 0 bridgehead atoms. The Labute approximate surface area is 107 Å². The normalized spacial score (nSPS) is 23.5. The summed E-state index contributed by atoms with van der Waals surface area (Å²) >= 11 is 0. The second-order valence-electron chi connectivity index (χ2n) is 4.31. The van der Waals surface area contributed by atoms with Gasteiger partial charge in [0.2, 0.25) is 11.8 Å². The van der Waals surface area contributed by atoms with Gasteiger partial charge in [-0.15, -0.1) is 0 Å². The standard InChI is InChI=1S/C12H11F3N2O2/c1-5-12(19)17(6(2)11(18)16-5)8-4-3-7(13)9(14)10(8)15/h3-6H,1-2H3,(H,16,18). The Morgan fingerprint density at radius 2 is 1.74 bits per heavy atom. The number of benzene rings is 1. The maximum Gasteiger partial charge on any atom is 0.250 e. The average molecular weight is 272 g/mol. The molecule has 2 atom stereocenters. The zero-order valence-corrected chi connectivity index (χ0v) is 10.2. The predicted molar refractivity (Wildman–Crippen MR) is 60.9 cm³/mol. The number of nitrogens with one attached hydrogen (secondary N) is 1. The maximum absolute atomic E-state index is 13.7. The summed E-state index contributed by atoms with van der Waals surface area (Å²) in [5.74, 6) is -5.58. The van der Waals surface area contributed by atoms with Crippen molar-refractivity contribution < 1.29 is 22.8 Å². The SMILES string of the molecule is CC1NC(=O)C(C)N(c2ccc(F)c(F)c2F)C1=O. The van der Waals surface area contributed by atoms with E-state index in [-0.39, 0.29) is 0 Å². The molecule has 0 saturated carbocycles. The fraction of sp³-hybridized carbons (Fsp3) is 0.333. The molecule has 1 fully saturated rings. The van der Waals surface area contributed by atoms with Gasteiger partial charge in [0, 0.05) is 0 Å². The number of carbonyl (C=O) groups is 2. The van der Waals surface area contributed by atoms with Gasteiger partial charge in [0.15, 0.2) is 17.5 Å². The number of carbonyl (C=O) groups excluding carboxylic acids is 2. The Morgan fingerprint density at radius 3 is 2.37 bits per heavy atom.